The number of aromatic amines is 1. The molecule has 1 aliphatic heterocycles. The van der Waals surface area contributed by atoms with Crippen LogP contribution < -0.4 is 0 Å². The van der Waals surface area contributed by atoms with Gasteiger partial charge in [-0.1, -0.05) is 11.6 Å². The third-order valence-corrected chi connectivity index (χ3v) is 5.09. The van der Waals surface area contributed by atoms with Crippen LogP contribution in [0.3, 0.4) is 0 Å². The number of carbonyl (C=O) groups is 2. The number of hydrogen-bond donors (Lipinski definition) is 2. The van der Waals surface area contributed by atoms with Gasteiger partial charge in [0.15, 0.2) is 5.69 Å². The fourth-order valence-corrected chi connectivity index (χ4v) is 3.45. The summed E-state index contributed by atoms with van der Waals surface area (Å²) in [6.07, 6.45) is 2.62. The number of carboxylic acid groups (broad SMARTS) is 1. The summed E-state index contributed by atoms with van der Waals surface area (Å²) in [4.78, 5) is 27.8. The quantitative estimate of drug-likeness (QED) is 0.655. The maximum Gasteiger partial charge on any atom is 0.490 e. The van der Waals surface area contributed by atoms with E-state index >= 15 is 0 Å². The number of alkyl halides is 3. The van der Waals surface area contributed by atoms with Crippen molar-refractivity contribution in [3.8, 4) is 0 Å². The van der Waals surface area contributed by atoms with E-state index in [2.05, 4.69) is 19.7 Å². The number of carbonyl (C=O) groups excluding carboxylic acids is 1. The number of nitrogens with one attached hydrogen (secondary N) is 1. The number of aryl methyl sites for hydroxylation is 1. The monoisotopic (exact) mass is 437 g/mol. The Bertz CT molecular complexity index is 1040. The summed E-state index contributed by atoms with van der Waals surface area (Å²) in [5, 5.41) is 15.3. The molecular weight excluding hydrogens is 415 g/mol. The van der Waals surface area contributed by atoms with Crippen LogP contribution in [0.1, 0.15) is 28.9 Å². The third-order valence-electron chi connectivity index (χ3n) is 5.09. The minimum atomic E-state index is -5.08. The first-order valence-corrected chi connectivity index (χ1v) is 9.65. The van der Waals surface area contributed by atoms with Crippen LogP contribution in [-0.4, -0.2) is 60.9 Å². The van der Waals surface area contributed by atoms with Crippen molar-refractivity contribution in [2.24, 2.45) is 5.92 Å². The SMILES string of the molecule is Cc1ccc2[nH]nc(C(=O)N3CCC(Cn4ccnc4)CC3)c2c1.O=C(O)C(F)(F)F. The maximum absolute atomic E-state index is 12.8. The second kappa shape index (κ2) is 9.19. The lowest BCUT2D eigenvalue weighted by molar-refractivity contribution is -0.192. The maximum atomic E-state index is 12.8. The van der Waals surface area contributed by atoms with Crippen LogP contribution >= 0.6 is 0 Å². The number of imidazole rings is 1. The van der Waals surface area contributed by atoms with Gasteiger partial charge < -0.3 is 14.6 Å². The van der Waals surface area contributed by atoms with E-state index in [0.29, 0.717) is 11.6 Å². The summed E-state index contributed by atoms with van der Waals surface area (Å²) in [5.74, 6) is -2.12. The molecule has 1 fully saturated rings. The van der Waals surface area contributed by atoms with Crippen LogP contribution in [0.5, 0.6) is 0 Å². The van der Waals surface area contributed by atoms with Gasteiger partial charge in [0.25, 0.3) is 5.91 Å². The van der Waals surface area contributed by atoms with Gasteiger partial charge in [0.05, 0.1) is 11.8 Å². The van der Waals surface area contributed by atoms with Gasteiger partial charge in [0.1, 0.15) is 0 Å². The number of amides is 1. The van der Waals surface area contributed by atoms with Crippen LogP contribution in [-0.2, 0) is 11.3 Å². The zero-order valence-electron chi connectivity index (χ0n) is 16.8. The smallest absolute Gasteiger partial charge is 0.475 e. The topological polar surface area (TPSA) is 104 Å². The number of benzene rings is 1. The average molecular weight is 437 g/mol. The number of aromatic nitrogens is 4. The molecule has 1 aromatic carbocycles. The van der Waals surface area contributed by atoms with E-state index in [0.717, 1.165) is 48.9 Å². The summed E-state index contributed by atoms with van der Waals surface area (Å²) >= 11 is 0. The minimum absolute atomic E-state index is 0.0351. The Labute approximate surface area is 175 Å². The van der Waals surface area contributed by atoms with Crippen molar-refractivity contribution in [2.45, 2.75) is 32.5 Å². The highest BCUT2D eigenvalue weighted by Crippen LogP contribution is 2.23. The molecule has 0 spiro atoms. The summed E-state index contributed by atoms with van der Waals surface area (Å²) in [5.41, 5.74) is 2.60. The molecular formula is C20H22F3N5O3. The van der Waals surface area contributed by atoms with Gasteiger partial charge in [-0.3, -0.25) is 9.89 Å². The van der Waals surface area contributed by atoms with Gasteiger partial charge in [-0.25, -0.2) is 9.78 Å². The summed E-state index contributed by atoms with van der Waals surface area (Å²) in [6.45, 7) is 4.59. The van der Waals surface area contributed by atoms with Crippen LogP contribution in [0.4, 0.5) is 13.2 Å². The van der Waals surface area contributed by atoms with E-state index in [9.17, 15) is 18.0 Å². The van der Waals surface area contributed by atoms with Crippen molar-refractivity contribution < 1.29 is 27.9 Å². The third kappa shape index (κ3) is 5.62. The van der Waals surface area contributed by atoms with Crippen LogP contribution in [0.15, 0.2) is 36.9 Å². The molecule has 2 aromatic heterocycles. The Balaban J connectivity index is 0.000000339. The molecule has 4 rings (SSSR count). The fraction of sp³-hybridized carbons (Fsp3) is 0.400. The van der Waals surface area contributed by atoms with Crippen LogP contribution in [0.25, 0.3) is 10.9 Å². The number of aliphatic carboxylic acids is 1. The van der Waals surface area contributed by atoms with E-state index in [1.807, 2.05) is 48.7 Å². The Hall–Kier alpha value is -3.37. The van der Waals surface area contributed by atoms with Crippen molar-refractivity contribution in [1.82, 2.24) is 24.6 Å². The normalized spacial score (nSPS) is 14.9. The van der Waals surface area contributed by atoms with Gasteiger partial charge in [0.2, 0.25) is 0 Å². The predicted octanol–water partition coefficient (Wildman–Crippen LogP) is 3.25. The summed E-state index contributed by atoms with van der Waals surface area (Å²) in [7, 11) is 0. The second-order valence-corrected chi connectivity index (χ2v) is 7.42. The largest absolute Gasteiger partial charge is 0.490 e. The number of likely N-dealkylation sites (tertiary alicyclic amines) is 1. The Kier molecular flexibility index (Phi) is 6.62. The van der Waals surface area contributed by atoms with Gasteiger partial charge in [-0.05, 0) is 37.8 Å². The number of halogens is 3. The highest BCUT2D eigenvalue weighted by atomic mass is 19.4. The lowest BCUT2D eigenvalue weighted by Gasteiger charge is -2.31. The molecule has 1 aliphatic rings. The molecule has 1 amide bonds. The number of nitrogens with zero attached hydrogens (tertiary/aromatic N) is 4. The number of H-pyrrole nitrogens is 1. The molecule has 8 nitrogen and oxygen atoms in total. The first kappa shape index (κ1) is 22.3. The van der Waals surface area contributed by atoms with Gasteiger partial charge in [-0.15, -0.1) is 0 Å². The number of carboxylic acids is 1. The van der Waals surface area contributed by atoms with E-state index < -0.39 is 12.1 Å². The average Bonchev–Trinajstić information content (AvgIpc) is 3.37. The molecule has 1 saturated heterocycles. The number of hydrogen-bond acceptors (Lipinski definition) is 4. The molecule has 0 atom stereocenters. The van der Waals surface area contributed by atoms with Gasteiger partial charge >= 0.3 is 12.1 Å². The van der Waals surface area contributed by atoms with E-state index in [4.69, 9.17) is 9.90 Å². The first-order chi connectivity index (χ1) is 14.6. The molecule has 3 aromatic rings. The number of rotatable bonds is 3. The fourth-order valence-electron chi connectivity index (χ4n) is 3.45. The zero-order valence-corrected chi connectivity index (χ0v) is 16.8. The molecule has 0 saturated carbocycles. The molecule has 0 bridgehead atoms. The van der Waals surface area contributed by atoms with E-state index in [1.54, 1.807) is 0 Å². The first-order valence-electron chi connectivity index (χ1n) is 9.65. The molecule has 2 N–H and O–H groups in total. The summed E-state index contributed by atoms with van der Waals surface area (Å²) < 4.78 is 33.9. The van der Waals surface area contributed by atoms with Crippen molar-refractivity contribution in [1.29, 1.82) is 0 Å². The second-order valence-electron chi connectivity index (χ2n) is 7.42. The standard InChI is InChI=1S/C18H21N5O.C2HF3O2/c1-13-2-3-16-15(10-13)17(21-20-16)18(24)23-7-4-14(5-8-23)11-22-9-6-19-12-22;3-2(4,5)1(6)7/h2-3,6,9-10,12,14H,4-5,7-8,11H2,1H3,(H,20,21);(H,6,7). The van der Waals surface area contributed by atoms with Crippen molar-refractivity contribution >= 4 is 22.8 Å². The number of piperidine rings is 1. The Morgan fingerprint density at radius 3 is 2.52 bits per heavy atom. The van der Waals surface area contributed by atoms with Crippen molar-refractivity contribution in [3.63, 3.8) is 0 Å². The molecule has 0 aliphatic carbocycles. The molecule has 166 valence electrons. The Morgan fingerprint density at radius 1 is 1.26 bits per heavy atom. The molecule has 3 heterocycles. The van der Waals surface area contributed by atoms with E-state index in [1.165, 1.54) is 0 Å². The lowest BCUT2D eigenvalue weighted by Crippen LogP contribution is -2.39. The molecule has 0 radical (unpaired) electrons. The minimum Gasteiger partial charge on any atom is -0.475 e. The van der Waals surface area contributed by atoms with E-state index in [-0.39, 0.29) is 5.91 Å². The highest BCUT2D eigenvalue weighted by molar-refractivity contribution is 6.04. The Morgan fingerprint density at radius 2 is 1.94 bits per heavy atom. The molecule has 0 unspecified atom stereocenters. The van der Waals surface area contributed by atoms with Crippen LogP contribution in [0, 0.1) is 12.8 Å². The van der Waals surface area contributed by atoms with Crippen LogP contribution in [0.2, 0.25) is 0 Å². The molecule has 11 heteroatoms. The number of fused-ring (bicyclic) bond motifs is 1. The predicted molar refractivity (Wildman–Crippen MR) is 105 cm³/mol. The van der Waals surface area contributed by atoms with Crippen molar-refractivity contribution in [2.75, 3.05) is 13.1 Å². The van der Waals surface area contributed by atoms with Crippen molar-refractivity contribution in [3.05, 3.63) is 48.2 Å². The van der Waals surface area contributed by atoms with Gasteiger partial charge in [0, 0.05) is 37.4 Å². The molecule has 31 heavy (non-hydrogen) atoms. The lowest BCUT2D eigenvalue weighted by atomic mass is 9.96. The summed E-state index contributed by atoms with van der Waals surface area (Å²) in [6, 6.07) is 6.03. The van der Waals surface area contributed by atoms with Gasteiger partial charge in [-0.2, -0.15) is 18.3 Å². The zero-order chi connectivity index (χ0) is 22.6. The highest BCUT2D eigenvalue weighted by Gasteiger charge is 2.38.